The zero-order valence-electron chi connectivity index (χ0n) is 18.9. The van der Waals surface area contributed by atoms with Gasteiger partial charge in [-0.1, -0.05) is 12.1 Å². The molecule has 2 heterocycles. The molecule has 4 rings (SSSR count). The van der Waals surface area contributed by atoms with Gasteiger partial charge in [-0.15, -0.1) is 0 Å². The number of benzene rings is 2. The smallest absolute Gasteiger partial charge is 0.187 e. The zero-order valence-corrected chi connectivity index (χ0v) is 18.9. The van der Waals surface area contributed by atoms with Crippen LogP contribution in [0.3, 0.4) is 0 Å². The van der Waals surface area contributed by atoms with Gasteiger partial charge >= 0.3 is 0 Å². The van der Waals surface area contributed by atoms with Crippen LogP contribution in [0.5, 0.6) is 11.5 Å². The van der Waals surface area contributed by atoms with Crippen LogP contribution < -0.4 is 4.74 Å². The van der Waals surface area contributed by atoms with E-state index in [1.807, 2.05) is 0 Å². The van der Waals surface area contributed by atoms with Crippen molar-refractivity contribution in [2.75, 3.05) is 13.2 Å². The van der Waals surface area contributed by atoms with Gasteiger partial charge in [0.15, 0.2) is 6.29 Å². The van der Waals surface area contributed by atoms with Gasteiger partial charge in [-0.2, -0.15) is 0 Å². The fraction of sp³-hybridized carbons (Fsp3) is 0.500. The summed E-state index contributed by atoms with van der Waals surface area (Å²) < 4.78 is 35.6. The molecule has 2 aliphatic heterocycles. The highest BCUT2D eigenvalue weighted by molar-refractivity contribution is 5.35. The van der Waals surface area contributed by atoms with Crippen molar-refractivity contribution in [2.24, 2.45) is 0 Å². The van der Waals surface area contributed by atoms with Gasteiger partial charge in [0.1, 0.15) is 72.3 Å². The number of aliphatic hydroxyl groups is 7. The number of ether oxygens (including phenoxy) is 4. The van der Waals surface area contributed by atoms with Crippen LogP contribution in [-0.4, -0.2) is 104 Å². The lowest BCUT2D eigenvalue weighted by Crippen LogP contribution is -2.63. The summed E-state index contributed by atoms with van der Waals surface area (Å²) in [6.45, 7) is -1.32. The van der Waals surface area contributed by atoms with Crippen LogP contribution in [0, 0.1) is 5.82 Å². The van der Waals surface area contributed by atoms with Gasteiger partial charge < -0.3 is 54.7 Å². The van der Waals surface area contributed by atoms with Gasteiger partial charge in [0.05, 0.1) is 13.2 Å². The third kappa shape index (κ3) is 5.53. The van der Waals surface area contributed by atoms with Gasteiger partial charge in [0.25, 0.3) is 0 Å². The van der Waals surface area contributed by atoms with Crippen LogP contribution in [0.2, 0.25) is 0 Å². The van der Waals surface area contributed by atoms with E-state index in [0.29, 0.717) is 17.1 Å². The summed E-state index contributed by atoms with van der Waals surface area (Å²) in [5.74, 6) is 0.285. The highest BCUT2D eigenvalue weighted by atomic mass is 19.1. The summed E-state index contributed by atoms with van der Waals surface area (Å²) in [5, 5.41) is 71.2. The molecular weight excluding hydrogens is 483 g/mol. The maximum absolute atomic E-state index is 13.2. The maximum Gasteiger partial charge on any atom is 0.187 e. The Morgan fingerprint density at radius 1 is 0.722 bits per heavy atom. The van der Waals surface area contributed by atoms with Crippen molar-refractivity contribution in [1.82, 2.24) is 0 Å². The number of rotatable bonds is 7. The van der Waals surface area contributed by atoms with Crippen LogP contribution in [-0.2, 0) is 14.2 Å². The second-order valence-electron chi connectivity index (χ2n) is 8.69. The number of halogens is 1. The Bertz CT molecular complexity index is 990. The number of hydrogen-bond donors (Lipinski definition) is 7. The van der Waals surface area contributed by atoms with Crippen molar-refractivity contribution >= 4 is 0 Å². The van der Waals surface area contributed by atoms with Gasteiger partial charge in [-0.25, -0.2) is 4.39 Å². The first-order valence-corrected chi connectivity index (χ1v) is 11.3. The molecule has 0 amide bonds. The van der Waals surface area contributed by atoms with Crippen molar-refractivity contribution in [3.8, 4) is 11.5 Å². The van der Waals surface area contributed by atoms with Crippen LogP contribution in [0.4, 0.5) is 4.39 Å². The molecule has 10 atom stereocenters. The maximum atomic E-state index is 13.2. The molecule has 0 radical (unpaired) electrons. The second-order valence-corrected chi connectivity index (χ2v) is 8.69. The van der Waals surface area contributed by atoms with E-state index in [-0.39, 0.29) is 0 Å². The predicted octanol–water partition coefficient (Wildman–Crippen LogP) is -1.04. The van der Waals surface area contributed by atoms with Crippen molar-refractivity contribution in [1.29, 1.82) is 0 Å². The summed E-state index contributed by atoms with van der Waals surface area (Å²) in [6.07, 6.45) is -14.9. The minimum absolute atomic E-state index is 0.341. The molecule has 2 aromatic carbocycles. The summed E-state index contributed by atoms with van der Waals surface area (Å²) in [7, 11) is 0. The molecule has 11 nitrogen and oxygen atoms in total. The lowest BCUT2D eigenvalue weighted by molar-refractivity contribution is -0.342. The molecule has 12 heteroatoms. The average molecular weight is 512 g/mol. The molecule has 36 heavy (non-hydrogen) atoms. The summed E-state index contributed by atoms with van der Waals surface area (Å²) in [4.78, 5) is 0. The Labute approximate surface area is 205 Å². The van der Waals surface area contributed by atoms with Crippen molar-refractivity contribution in [2.45, 2.75) is 61.2 Å². The van der Waals surface area contributed by atoms with E-state index in [9.17, 15) is 40.1 Å². The second kappa shape index (κ2) is 11.4. The van der Waals surface area contributed by atoms with E-state index in [4.69, 9.17) is 18.9 Å². The molecule has 2 fully saturated rings. The summed E-state index contributed by atoms with van der Waals surface area (Å²) in [5.41, 5.74) is 0.398. The quantitative estimate of drug-likeness (QED) is 0.241. The number of aliphatic hydroxyl groups excluding tert-OH is 7. The van der Waals surface area contributed by atoms with Crippen molar-refractivity contribution < 1.29 is 59.1 Å². The minimum Gasteiger partial charge on any atom is -0.457 e. The molecule has 0 aromatic heterocycles. The Morgan fingerprint density at radius 3 is 2.06 bits per heavy atom. The molecule has 2 aromatic rings. The van der Waals surface area contributed by atoms with E-state index in [0.717, 1.165) is 0 Å². The molecule has 0 spiro atoms. The largest absolute Gasteiger partial charge is 0.457 e. The summed E-state index contributed by atoms with van der Waals surface area (Å²) in [6, 6.07) is 11.8. The highest BCUT2D eigenvalue weighted by Crippen LogP contribution is 2.37. The SMILES string of the molecule is OC[C@H]1O[C@H](c2cccc(Oc3ccc(F)cc3)c2)[C@H](O)[C@@H](O[C@H]2O[C@H](CO)[C@@H](O)[C@H](O)[C@@H]2O)[C@H]1O. The molecule has 0 unspecified atom stereocenters. The van der Waals surface area contributed by atoms with E-state index in [1.54, 1.807) is 24.3 Å². The number of hydrogen-bond acceptors (Lipinski definition) is 11. The van der Waals surface area contributed by atoms with E-state index < -0.39 is 80.3 Å². The van der Waals surface area contributed by atoms with E-state index >= 15 is 0 Å². The lowest BCUT2D eigenvalue weighted by atomic mass is 9.90. The molecule has 0 bridgehead atoms. The van der Waals surface area contributed by atoms with E-state index in [2.05, 4.69) is 0 Å². The Morgan fingerprint density at radius 2 is 1.39 bits per heavy atom. The lowest BCUT2D eigenvalue weighted by Gasteiger charge is -2.46. The normalized spacial score (nSPS) is 37.0. The van der Waals surface area contributed by atoms with Gasteiger partial charge in [0.2, 0.25) is 0 Å². The molecule has 0 saturated carbocycles. The van der Waals surface area contributed by atoms with Crippen LogP contribution in [0.1, 0.15) is 11.7 Å². The Balaban J connectivity index is 1.55. The fourth-order valence-electron chi connectivity index (χ4n) is 4.25. The zero-order chi connectivity index (χ0) is 26.0. The van der Waals surface area contributed by atoms with Gasteiger partial charge in [-0.05, 0) is 42.0 Å². The van der Waals surface area contributed by atoms with Gasteiger partial charge in [0, 0.05) is 0 Å². The topological polar surface area (TPSA) is 179 Å². The molecule has 2 saturated heterocycles. The Hall–Kier alpha value is -2.23. The molecular formula is C24H29FO11. The minimum atomic E-state index is -1.76. The van der Waals surface area contributed by atoms with Crippen LogP contribution >= 0.6 is 0 Å². The molecule has 7 N–H and O–H groups in total. The third-order valence-corrected chi connectivity index (χ3v) is 6.24. The van der Waals surface area contributed by atoms with Crippen LogP contribution in [0.25, 0.3) is 0 Å². The monoisotopic (exact) mass is 512 g/mol. The van der Waals surface area contributed by atoms with Crippen molar-refractivity contribution in [3.05, 3.63) is 59.9 Å². The average Bonchev–Trinajstić information content (AvgIpc) is 2.88. The first-order valence-electron chi connectivity index (χ1n) is 11.3. The fourth-order valence-corrected chi connectivity index (χ4v) is 4.25. The molecule has 198 valence electrons. The Kier molecular flexibility index (Phi) is 8.52. The highest BCUT2D eigenvalue weighted by Gasteiger charge is 2.50. The van der Waals surface area contributed by atoms with Crippen molar-refractivity contribution in [3.63, 3.8) is 0 Å². The van der Waals surface area contributed by atoms with E-state index in [1.165, 1.54) is 24.3 Å². The van der Waals surface area contributed by atoms with Crippen LogP contribution in [0.15, 0.2) is 48.5 Å². The standard InChI is InChI=1S/C24H29FO11/c25-12-4-6-13(7-5-12)33-14-3-1-2-11(8-14)22-21(32)23(18(29)16(10-27)34-22)36-24-20(31)19(30)17(28)15(9-26)35-24/h1-8,15-24,26-32H,9-10H2/t15-,16-,17-,18+,19+,20+,21+,22-,23+,24-/m1/s1. The molecule has 2 aliphatic rings. The first kappa shape index (κ1) is 26.8. The van der Waals surface area contributed by atoms with Gasteiger partial charge in [-0.3, -0.25) is 0 Å². The third-order valence-electron chi connectivity index (χ3n) is 6.24. The predicted molar refractivity (Wildman–Crippen MR) is 118 cm³/mol. The first-order chi connectivity index (χ1) is 17.2. The summed E-state index contributed by atoms with van der Waals surface area (Å²) >= 11 is 0. The molecule has 0 aliphatic carbocycles.